The highest BCUT2D eigenvalue weighted by Crippen LogP contribution is 2.19. The summed E-state index contributed by atoms with van der Waals surface area (Å²) in [6.45, 7) is 7.80. The summed E-state index contributed by atoms with van der Waals surface area (Å²) in [5.74, 6) is 1.14. The number of hydrogen-bond acceptors (Lipinski definition) is 5. The lowest BCUT2D eigenvalue weighted by atomic mass is 10.2. The summed E-state index contributed by atoms with van der Waals surface area (Å²) in [6, 6.07) is 16.4. The lowest BCUT2D eigenvalue weighted by Gasteiger charge is -2.11. The van der Waals surface area contributed by atoms with Gasteiger partial charge in [0.1, 0.15) is 5.75 Å². The number of benzene rings is 2. The van der Waals surface area contributed by atoms with E-state index in [4.69, 9.17) is 4.74 Å². The minimum absolute atomic E-state index is 0.113. The van der Waals surface area contributed by atoms with E-state index in [-0.39, 0.29) is 12.0 Å². The van der Waals surface area contributed by atoms with Crippen LogP contribution in [0.1, 0.15) is 35.6 Å². The minimum Gasteiger partial charge on any atom is -0.491 e. The Bertz CT molecular complexity index is 931. The molecule has 144 valence electrons. The summed E-state index contributed by atoms with van der Waals surface area (Å²) in [5, 5.41) is 6.04. The van der Waals surface area contributed by atoms with Gasteiger partial charge in [0.15, 0.2) is 0 Å². The smallest absolute Gasteiger partial charge is 0.255 e. The van der Waals surface area contributed by atoms with Crippen LogP contribution in [0.3, 0.4) is 0 Å². The molecule has 0 aliphatic rings. The van der Waals surface area contributed by atoms with Crippen LogP contribution in [0.4, 0.5) is 17.3 Å². The SMILES string of the molecule is Cc1cc(C)nc(Nc2ccc(C(=O)Nc3ccc(OC(C)C)cc3)cc2)n1. The van der Waals surface area contributed by atoms with E-state index in [2.05, 4.69) is 20.6 Å². The number of hydrogen-bond donors (Lipinski definition) is 2. The third kappa shape index (κ3) is 5.30. The van der Waals surface area contributed by atoms with Gasteiger partial charge in [-0.05, 0) is 82.3 Å². The van der Waals surface area contributed by atoms with Gasteiger partial charge in [-0.1, -0.05) is 0 Å². The van der Waals surface area contributed by atoms with Gasteiger partial charge in [0, 0.05) is 28.3 Å². The highest BCUT2D eigenvalue weighted by Gasteiger charge is 2.07. The van der Waals surface area contributed by atoms with E-state index >= 15 is 0 Å². The van der Waals surface area contributed by atoms with Crippen molar-refractivity contribution in [3.05, 3.63) is 71.5 Å². The molecule has 0 saturated carbocycles. The largest absolute Gasteiger partial charge is 0.491 e. The number of amides is 1. The molecule has 0 aliphatic heterocycles. The summed E-state index contributed by atoms with van der Waals surface area (Å²) >= 11 is 0. The van der Waals surface area contributed by atoms with Crippen LogP contribution in [-0.2, 0) is 0 Å². The monoisotopic (exact) mass is 376 g/mol. The number of aromatic nitrogens is 2. The molecule has 2 N–H and O–H groups in total. The summed E-state index contributed by atoms with van der Waals surface area (Å²) in [4.78, 5) is 21.2. The predicted molar refractivity (Wildman–Crippen MR) is 111 cm³/mol. The van der Waals surface area contributed by atoms with E-state index in [0.29, 0.717) is 17.2 Å². The van der Waals surface area contributed by atoms with Crippen molar-refractivity contribution in [2.45, 2.75) is 33.8 Å². The zero-order valence-corrected chi connectivity index (χ0v) is 16.5. The van der Waals surface area contributed by atoms with Crippen LogP contribution in [0.5, 0.6) is 5.75 Å². The molecule has 0 saturated heterocycles. The molecule has 0 atom stereocenters. The molecule has 2 aromatic carbocycles. The first-order valence-corrected chi connectivity index (χ1v) is 9.16. The fourth-order valence-corrected chi connectivity index (χ4v) is 2.71. The van der Waals surface area contributed by atoms with E-state index in [1.54, 1.807) is 12.1 Å². The van der Waals surface area contributed by atoms with Crippen LogP contribution >= 0.6 is 0 Å². The number of nitrogens with one attached hydrogen (secondary N) is 2. The molecule has 0 fully saturated rings. The second-order valence-corrected chi connectivity index (χ2v) is 6.82. The summed E-state index contributed by atoms with van der Waals surface area (Å²) in [6.07, 6.45) is 0.113. The predicted octanol–water partition coefficient (Wildman–Crippen LogP) is 4.88. The average molecular weight is 376 g/mol. The van der Waals surface area contributed by atoms with Crippen molar-refractivity contribution >= 4 is 23.2 Å². The maximum absolute atomic E-state index is 12.4. The topological polar surface area (TPSA) is 76.1 Å². The normalized spacial score (nSPS) is 10.6. The van der Waals surface area contributed by atoms with Gasteiger partial charge < -0.3 is 15.4 Å². The number of aryl methyl sites for hydroxylation is 2. The molecule has 6 heteroatoms. The molecule has 28 heavy (non-hydrogen) atoms. The highest BCUT2D eigenvalue weighted by atomic mass is 16.5. The number of carbonyl (C=O) groups excluding carboxylic acids is 1. The van der Waals surface area contributed by atoms with E-state index in [0.717, 1.165) is 22.8 Å². The quantitative estimate of drug-likeness (QED) is 0.641. The average Bonchev–Trinajstić information content (AvgIpc) is 2.62. The fraction of sp³-hybridized carbons (Fsp3) is 0.227. The van der Waals surface area contributed by atoms with Gasteiger partial charge in [0.25, 0.3) is 5.91 Å². The maximum Gasteiger partial charge on any atom is 0.255 e. The molecule has 0 spiro atoms. The van der Waals surface area contributed by atoms with Crippen molar-refractivity contribution in [2.75, 3.05) is 10.6 Å². The Morgan fingerprint density at radius 3 is 2.04 bits per heavy atom. The van der Waals surface area contributed by atoms with Crippen molar-refractivity contribution in [1.82, 2.24) is 9.97 Å². The Hall–Kier alpha value is -3.41. The molecular weight excluding hydrogens is 352 g/mol. The van der Waals surface area contributed by atoms with Gasteiger partial charge in [0.05, 0.1) is 6.10 Å². The van der Waals surface area contributed by atoms with Crippen LogP contribution in [0.15, 0.2) is 54.6 Å². The minimum atomic E-state index is -0.174. The Morgan fingerprint density at radius 1 is 0.893 bits per heavy atom. The molecule has 1 heterocycles. The van der Waals surface area contributed by atoms with Crippen molar-refractivity contribution in [3.8, 4) is 5.75 Å². The van der Waals surface area contributed by atoms with Gasteiger partial charge in [-0.15, -0.1) is 0 Å². The third-order valence-corrected chi connectivity index (χ3v) is 3.87. The van der Waals surface area contributed by atoms with E-state index < -0.39 is 0 Å². The van der Waals surface area contributed by atoms with Crippen LogP contribution in [0.2, 0.25) is 0 Å². The molecule has 3 rings (SSSR count). The molecule has 1 amide bonds. The van der Waals surface area contributed by atoms with Crippen LogP contribution < -0.4 is 15.4 Å². The van der Waals surface area contributed by atoms with Crippen molar-refractivity contribution in [1.29, 1.82) is 0 Å². The van der Waals surface area contributed by atoms with Crippen LogP contribution in [0.25, 0.3) is 0 Å². The zero-order chi connectivity index (χ0) is 20.1. The lowest BCUT2D eigenvalue weighted by Crippen LogP contribution is -2.12. The van der Waals surface area contributed by atoms with Gasteiger partial charge >= 0.3 is 0 Å². The van der Waals surface area contributed by atoms with Crippen LogP contribution in [-0.4, -0.2) is 22.0 Å². The first-order valence-electron chi connectivity index (χ1n) is 9.16. The molecule has 1 aromatic heterocycles. The van der Waals surface area contributed by atoms with E-state index in [9.17, 15) is 4.79 Å². The number of ether oxygens (including phenoxy) is 1. The Balaban J connectivity index is 1.63. The van der Waals surface area contributed by atoms with Gasteiger partial charge in [0.2, 0.25) is 5.95 Å². The van der Waals surface area contributed by atoms with Gasteiger partial charge in [-0.3, -0.25) is 4.79 Å². The van der Waals surface area contributed by atoms with Crippen molar-refractivity contribution in [2.24, 2.45) is 0 Å². The van der Waals surface area contributed by atoms with Crippen molar-refractivity contribution in [3.63, 3.8) is 0 Å². The zero-order valence-electron chi connectivity index (χ0n) is 16.5. The first kappa shape index (κ1) is 19.4. The lowest BCUT2D eigenvalue weighted by molar-refractivity contribution is 0.102. The van der Waals surface area contributed by atoms with E-state index in [1.807, 2.05) is 70.2 Å². The molecule has 0 unspecified atom stereocenters. The Kier molecular flexibility index (Phi) is 5.89. The standard InChI is InChI=1S/C22H24N4O2/c1-14(2)28-20-11-9-18(10-12-20)25-21(27)17-5-7-19(8-6-17)26-22-23-15(3)13-16(4)24-22/h5-14H,1-4H3,(H,25,27)(H,23,24,26). The molecular formula is C22H24N4O2. The van der Waals surface area contributed by atoms with Crippen molar-refractivity contribution < 1.29 is 9.53 Å². The summed E-state index contributed by atoms with van der Waals surface area (Å²) < 4.78 is 5.61. The molecule has 6 nitrogen and oxygen atoms in total. The molecule has 0 aliphatic carbocycles. The number of anilines is 3. The van der Waals surface area contributed by atoms with Crippen LogP contribution in [0, 0.1) is 13.8 Å². The second kappa shape index (κ2) is 8.52. The second-order valence-electron chi connectivity index (χ2n) is 6.82. The number of nitrogens with zero attached hydrogens (tertiary/aromatic N) is 2. The number of rotatable bonds is 6. The fourth-order valence-electron chi connectivity index (χ4n) is 2.71. The van der Waals surface area contributed by atoms with E-state index in [1.165, 1.54) is 0 Å². The number of carbonyl (C=O) groups is 1. The molecule has 0 bridgehead atoms. The third-order valence-electron chi connectivity index (χ3n) is 3.87. The molecule has 0 radical (unpaired) electrons. The van der Waals surface area contributed by atoms with Gasteiger partial charge in [-0.2, -0.15) is 0 Å². The maximum atomic E-state index is 12.4. The Morgan fingerprint density at radius 2 is 1.46 bits per heavy atom. The highest BCUT2D eigenvalue weighted by molar-refractivity contribution is 6.04. The summed E-state index contributed by atoms with van der Waals surface area (Å²) in [7, 11) is 0. The first-order chi connectivity index (χ1) is 13.4. The molecule has 3 aromatic rings. The Labute approximate surface area is 165 Å². The summed E-state index contributed by atoms with van der Waals surface area (Å²) in [5.41, 5.74) is 3.89. The van der Waals surface area contributed by atoms with Gasteiger partial charge in [-0.25, -0.2) is 9.97 Å².